The Hall–Kier alpha value is -1.91. The summed E-state index contributed by atoms with van der Waals surface area (Å²) >= 11 is 0. The molecule has 20 heavy (non-hydrogen) atoms. The van der Waals surface area contributed by atoms with Gasteiger partial charge >= 0.3 is 0 Å². The van der Waals surface area contributed by atoms with Gasteiger partial charge in [-0.1, -0.05) is 24.3 Å². The van der Waals surface area contributed by atoms with Crippen molar-refractivity contribution in [3.05, 3.63) is 58.9 Å². The molecule has 0 saturated heterocycles. The van der Waals surface area contributed by atoms with Gasteiger partial charge in [-0.15, -0.1) is 6.58 Å². The third-order valence-electron chi connectivity index (χ3n) is 3.04. The van der Waals surface area contributed by atoms with E-state index in [9.17, 15) is 4.79 Å². The van der Waals surface area contributed by atoms with Gasteiger partial charge in [0.05, 0.1) is 13.2 Å². The first-order chi connectivity index (χ1) is 9.81. The zero-order valence-corrected chi connectivity index (χ0v) is 11.5. The standard InChI is InChI=1S/C16H20N2O2/c1-2-3-9-20-10-8-17-12-14-11-13-6-4-5-7-15(13)18-16(14)19/h2,4-7,11,17H,1,3,8-10,12H2,(H,18,19). The number of pyridine rings is 1. The van der Waals surface area contributed by atoms with Crippen LogP contribution >= 0.6 is 0 Å². The summed E-state index contributed by atoms with van der Waals surface area (Å²) in [6, 6.07) is 9.70. The second kappa shape index (κ2) is 7.62. The Morgan fingerprint density at radius 1 is 1.30 bits per heavy atom. The molecule has 0 radical (unpaired) electrons. The second-order valence-electron chi connectivity index (χ2n) is 4.58. The van der Waals surface area contributed by atoms with E-state index in [1.807, 2.05) is 36.4 Å². The van der Waals surface area contributed by atoms with Crippen LogP contribution in [0.4, 0.5) is 0 Å². The van der Waals surface area contributed by atoms with Gasteiger partial charge in [0.2, 0.25) is 0 Å². The van der Waals surface area contributed by atoms with Crippen molar-refractivity contribution in [2.24, 2.45) is 0 Å². The summed E-state index contributed by atoms with van der Waals surface area (Å²) in [4.78, 5) is 14.8. The Morgan fingerprint density at radius 3 is 3.00 bits per heavy atom. The van der Waals surface area contributed by atoms with Crippen molar-refractivity contribution in [3.8, 4) is 0 Å². The summed E-state index contributed by atoms with van der Waals surface area (Å²) in [6.07, 6.45) is 2.70. The predicted molar refractivity (Wildman–Crippen MR) is 81.9 cm³/mol. The highest BCUT2D eigenvalue weighted by Crippen LogP contribution is 2.09. The third-order valence-corrected chi connectivity index (χ3v) is 3.04. The van der Waals surface area contributed by atoms with E-state index in [4.69, 9.17) is 4.74 Å². The first-order valence-corrected chi connectivity index (χ1v) is 6.81. The SMILES string of the molecule is C=CCCOCCNCc1cc2ccccc2[nH]c1=O. The van der Waals surface area contributed by atoms with Gasteiger partial charge in [-0.2, -0.15) is 0 Å². The Morgan fingerprint density at radius 2 is 2.15 bits per heavy atom. The van der Waals surface area contributed by atoms with Crippen molar-refractivity contribution < 1.29 is 4.74 Å². The van der Waals surface area contributed by atoms with Crippen LogP contribution in [-0.2, 0) is 11.3 Å². The number of benzene rings is 1. The molecule has 0 bridgehead atoms. The average molecular weight is 272 g/mol. The van der Waals surface area contributed by atoms with Crippen LogP contribution in [0.3, 0.4) is 0 Å². The summed E-state index contributed by atoms with van der Waals surface area (Å²) in [5, 5.41) is 4.26. The van der Waals surface area contributed by atoms with Crippen LogP contribution in [0.1, 0.15) is 12.0 Å². The van der Waals surface area contributed by atoms with Gasteiger partial charge in [0, 0.05) is 24.2 Å². The lowest BCUT2D eigenvalue weighted by Crippen LogP contribution is -2.24. The summed E-state index contributed by atoms with van der Waals surface area (Å²) < 4.78 is 5.39. The summed E-state index contributed by atoms with van der Waals surface area (Å²) in [5.41, 5.74) is 1.58. The number of hydrogen-bond donors (Lipinski definition) is 2. The molecule has 0 unspecified atom stereocenters. The van der Waals surface area contributed by atoms with E-state index in [2.05, 4.69) is 16.9 Å². The van der Waals surface area contributed by atoms with Crippen molar-refractivity contribution in [1.29, 1.82) is 0 Å². The smallest absolute Gasteiger partial charge is 0.252 e. The molecule has 0 atom stereocenters. The van der Waals surface area contributed by atoms with E-state index >= 15 is 0 Å². The third kappa shape index (κ3) is 4.05. The number of aromatic amines is 1. The maximum atomic E-state index is 11.9. The second-order valence-corrected chi connectivity index (χ2v) is 4.58. The first kappa shape index (κ1) is 14.5. The normalized spacial score (nSPS) is 10.8. The molecule has 2 rings (SSSR count). The van der Waals surface area contributed by atoms with E-state index in [1.54, 1.807) is 0 Å². The van der Waals surface area contributed by atoms with Crippen molar-refractivity contribution in [3.63, 3.8) is 0 Å². The quantitative estimate of drug-likeness (QED) is 0.572. The Kier molecular flexibility index (Phi) is 5.53. The van der Waals surface area contributed by atoms with Crippen molar-refractivity contribution in [1.82, 2.24) is 10.3 Å². The van der Waals surface area contributed by atoms with Crippen LogP contribution in [0, 0.1) is 0 Å². The summed E-state index contributed by atoms with van der Waals surface area (Å²) in [7, 11) is 0. The zero-order valence-electron chi connectivity index (χ0n) is 11.5. The Bertz CT molecular complexity index is 619. The number of hydrogen-bond acceptors (Lipinski definition) is 3. The number of fused-ring (bicyclic) bond motifs is 1. The molecule has 1 aromatic heterocycles. The minimum absolute atomic E-state index is 0.0382. The summed E-state index contributed by atoms with van der Waals surface area (Å²) in [5.74, 6) is 0. The van der Waals surface area contributed by atoms with Crippen LogP contribution in [0.15, 0.2) is 47.8 Å². The van der Waals surface area contributed by atoms with Crippen molar-refractivity contribution in [2.75, 3.05) is 19.8 Å². The molecule has 0 aliphatic heterocycles. The van der Waals surface area contributed by atoms with Crippen LogP contribution < -0.4 is 10.9 Å². The molecular weight excluding hydrogens is 252 g/mol. The van der Waals surface area contributed by atoms with Crippen LogP contribution in [0.5, 0.6) is 0 Å². The molecule has 2 aromatic rings. The van der Waals surface area contributed by atoms with Crippen LogP contribution in [0.25, 0.3) is 10.9 Å². The zero-order chi connectivity index (χ0) is 14.2. The lowest BCUT2D eigenvalue weighted by atomic mass is 10.1. The van der Waals surface area contributed by atoms with Gasteiger partial charge in [0.25, 0.3) is 5.56 Å². The topological polar surface area (TPSA) is 54.1 Å². The van der Waals surface area contributed by atoms with E-state index in [0.29, 0.717) is 19.8 Å². The summed E-state index contributed by atoms with van der Waals surface area (Å²) in [6.45, 7) is 6.24. The number of aromatic nitrogens is 1. The first-order valence-electron chi connectivity index (χ1n) is 6.81. The number of rotatable bonds is 8. The minimum Gasteiger partial charge on any atom is -0.380 e. The van der Waals surface area contributed by atoms with Crippen LogP contribution in [0.2, 0.25) is 0 Å². The van der Waals surface area contributed by atoms with Gasteiger partial charge in [-0.25, -0.2) is 0 Å². The largest absolute Gasteiger partial charge is 0.380 e. The van der Waals surface area contributed by atoms with E-state index in [0.717, 1.165) is 29.4 Å². The molecule has 1 aromatic carbocycles. The molecular formula is C16H20N2O2. The molecule has 0 spiro atoms. The van der Waals surface area contributed by atoms with Gasteiger partial charge in [-0.3, -0.25) is 4.79 Å². The molecule has 4 nitrogen and oxygen atoms in total. The van der Waals surface area contributed by atoms with Crippen molar-refractivity contribution >= 4 is 10.9 Å². The van der Waals surface area contributed by atoms with Gasteiger partial charge in [0.15, 0.2) is 0 Å². The Balaban J connectivity index is 1.85. The number of para-hydroxylation sites is 1. The van der Waals surface area contributed by atoms with Gasteiger partial charge in [0.1, 0.15) is 0 Å². The van der Waals surface area contributed by atoms with Gasteiger partial charge in [-0.05, 0) is 23.9 Å². The highest BCUT2D eigenvalue weighted by atomic mass is 16.5. The molecule has 0 aliphatic carbocycles. The molecule has 106 valence electrons. The fraction of sp³-hybridized carbons (Fsp3) is 0.312. The molecule has 0 aliphatic rings. The van der Waals surface area contributed by atoms with Gasteiger partial charge < -0.3 is 15.0 Å². The lowest BCUT2D eigenvalue weighted by Gasteiger charge is -2.06. The van der Waals surface area contributed by atoms with E-state index < -0.39 is 0 Å². The van der Waals surface area contributed by atoms with E-state index in [1.165, 1.54) is 0 Å². The minimum atomic E-state index is -0.0382. The average Bonchev–Trinajstić information content (AvgIpc) is 2.46. The number of ether oxygens (including phenoxy) is 1. The lowest BCUT2D eigenvalue weighted by molar-refractivity contribution is 0.140. The highest BCUT2D eigenvalue weighted by Gasteiger charge is 2.01. The Labute approximate surface area is 118 Å². The highest BCUT2D eigenvalue weighted by molar-refractivity contribution is 5.78. The molecule has 4 heteroatoms. The monoisotopic (exact) mass is 272 g/mol. The van der Waals surface area contributed by atoms with E-state index in [-0.39, 0.29) is 5.56 Å². The molecule has 0 amide bonds. The number of H-pyrrole nitrogens is 1. The fourth-order valence-electron chi connectivity index (χ4n) is 1.96. The maximum Gasteiger partial charge on any atom is 0.252 e. The number of nitrogens with one attached hydrogen (secondary N) is 2. The van der Waals surface area contributed by atoms with Crippen molar-refractivity contribution in [2.45, 2.75) is 13.0 Å². The maximum absolute atomic E-state index is 11.9. The molecule has 2 N–H and O–H groups in total. The predicted octanol–water partition coefficient (Wildman–Crippen LogP) is 2.21. The molecule has 1 heterocycles. The molecule has 0 fully saturated rings. The molecule has 0 saturated carbocycles. The fourth-order valence-corrected chi connectivity index (χ4v) is 1.96. The van der Waals surface area contributed by atoms with Crippen LogP contribution in [-0.4, -0.2) is 24.7 Å².